The minimum Gasteiger partial charge on any atom is -0.326 e. The van der Waals surface area contributed by atoms with Crippen molar-refractivity contribution in [1.82, 2.24) is 10.2 Å². The van der Waals surface area contributed by atoms with Crippen LogP contribution in [0.2, 0.25) is 0 Å². The van der Waals surface area contributed by atoms with E-state index in [0.29, 0.717) is 12.1 Å². The van der Waals surface area contributed by atoms with Crippen LogP contribution < -0.4 is 11.1 Å². The zero-order valence-corrected chi connectivity index (χ0v) is 6.80. The largest absolute Gasteiger partial charge is 0.326 e. The first kappa shape index (κ1) is 7.98. The van der Waals surface area contributed by atoms with E-state index in [1.165, 1.54) is 0 Å². The second kappa shape index (κ2) is 3.32. The number of piperidine rings is 1. The highest BCUT2D eigenvalue weighted by atomic mass is 15.2. The molecular weight excluding hydrogens is 126 g/mol. The van der Waals surface area contributed by atoms with Crippen molar-refractivity contribution in [2.45, 2.75) is 18.5 Å². The highest BCUT2D eigenvalue weighted by molar-refractivity contribution is 4.82. The van der Waals surface area contributed by atoms with Crippen LogP contribution in [0.1, 0.15) is 6.42 Å². The Labute approximate surface area is 62.6 Å². The van der Waals surface area contributed by atoms with Crippen molar-refractivity contribution in [2.24, 2.45) is 5.73 Å². The Balaban J connectivity index is 2.35. The van der Waals surface area contributed by atoms with E-state index in [0.717, 1.165) is 19.5 Å². The average molecular weight is 143 g/mol. The number of likely N-dealkylation sites (N-methyl/N-ethyl adjacent to an activating group) is 2. The minimum atomic E-state index is 0.358. The lowest BCUT2D eigenvalue weighted by molar-refractivity contribution is 0.212. The predicted molar refractivity (Wildman–Crippen MR) is 42.9 cm³/mol. The Morgan fingerprint density at radius 1 is 1.50 bits per heavy atom. The average Bonchev–Trinajstić information content (AvgIpc) is 1.85. The van der Waals surface area contributed by atoms with E-state index in [1.807, 2.05) is 7.05 Å². The van der Waals surface area contributed by atoms with Gasteiger partial charge in [-0.15, -0.1) is 0 Å². The van der Waals surface area contributed by atoms with Crippen molar-refractivity contribution >= 4 is 0 Å². The van der Waals surface area contributed by atoms with Gasteiger partial charge in [0.15, 0.2) is 0 Å². The van der Waals surface area contributed by atoms with Crippen LogP contribution in [0.3, 0.4) is 0 Å². The Morgan fingerprint density at radius 2 is 2.20 bits per heavy atom. The zero-order chi connectivity index (χ0) is 7.56. The summed E-state index contributed by atoms with van der Waals surface area (Å²) >= 11 is 0. The van der Waals surface area contributed by atoms with E-state index >= 15 is 0 Å². The van der Waals surface area contributed by atoms with Gasteiger partial charge in [0, 0.05) is 25.2 Å². The highest BCUT2D eigenvalue weighted by Crippen LogP contribution is 2.05. The van der Waals surface area contributed by atoms with Gasteiger partial charge in [0.05, 0.1) is 0 Å². The van der Waals surface area contributed by atoms with Crippen LogP contribution in [0.4, 0.5) is 0 Å². The molecule has 2 atom stereocenters. The molecule has 1 aliphatic heterocycles. The third kappa shape index (κ3) is 1.94. The summed E-state index contributed by atoms with van der Waals surface area (Å²) in [6.07, 6.45) is 1.11. The Morgan fingerprint density at radius 3 is 2.70 bits per heavy atom. The minimum absolute atomic E-state index is 0.358. The van der Waals surface area contributed by atoms with Gasteiger partial charge < -0.3 is 16.0 Å². The van der Waals surface area contributed by atoms with Crippen LogP contribution in [0.15, 0.2) is 0 Å². The monoisotopic (exact) mass is 143 g/mol. The van der Waals surface area contributed by atoms with Crippen molar-refractivity contribution in [3.8, 4) is 0 Å². The molecule has 0 aromatic rings. The first-order chi connectivity index (χ1) is 4.72. The van der Waals surface area contributed by atoms with Crippen LogP contribution >= 0.6 is 0 Å². The topological polar surface area (TPSA) is 41.3 Å². The Bertz CT molecular complexity index is 95.0. The molecule has 0 amide bonds. The zero-order valence-electron chi connectivity index (χ0n) is 6.80. The van der Waals surface area contributed by atoms with Gasteiger partial charge in [0.25, 0.3) is 0 Å². The second-order valence-electron chi connectivity index (χ2n) is 3.20. The number of nitrogens with zero attached hydrogens (tertiary/aromatic N) is 1. The lowest BCUT2D eigenvalue weighted by Gasteiger charge is -2.33. The lowest BCUT2D eigenvalue weighted by atomic mass is 10.0. The summed E-state index contributed by atoms with van der Waals surface area (Å²) in [5, 5.41) is 3.24. The SMILES string of the molecule is CNC1CC(N)CN(C)C1. The summed E-state index contributed by atoms with van der Waals surface area (Å²) in [4.78, 5) is 2.27. The quantitative estimate of drug-likeness (QED) is 0.507. The molecule has 0 bridgehead atoms. The van der Waals surface area contributed by atoms with Crippen molar-refractivity contribution in [3.63, 3.8) is 0 Å². The van der Waals surface area contributed by atoms with Crippen molar-refractivity contribution < 1.29 is 0 Å². The normalized spacial score (nSPS) is 36.3. The molecule has 1 rings (SSSR count). The molecule has 0 aromatic heterocycles. The fourth-order valence-corrected chi connectivity index (χ4v) is 1.57. The smallest absolute Gasteiger partial charge is 0.0207 e. The van der Waals surface area contributed by atoms with Gasteiger partial charge in [-0.25, -0.2) is 0 Å². The number of likely N-dealkylation sites (tertiary alicyclic amines) is 1. The first-order valence-corrected chi connectivity index (χ1v) is 3.83. The van der Waals surface area contributed by atoms with Gasteiger partial charge in [-0.1, -0.05) is 0 Å². The molecule has 0 radical (unpaired) electrons. The third-order valence-corrected chi connectivity index (χ3v) is 2.07. The summed E-state index contributed by atoms with van der Waals surface area (Å²) in [5.41, 5.74) is 5.81. The van der Waals surface area contributed by atoms with Crippen LogP contribution in [-0.4, -0.2) is 44.2 Å². The summed E-state index contributed by atoms with van der Waals surface area (Å²) in [5.74, 6) is 0. The van der Waals surface area contributed by atoms with Gasteiger partial charge in [-0.05, 0) is 20.5 Å². The van der Waals surface area contributed by atoms with Crippen LogP contribution in [-0.2, 0) is 0 Å². The molecule has 60 valence electrons. The lowest BCUT2D eigenvalue weighted by Crippen LogP contribution is -2.51. The van der Waals surface area contributed by atoms with E-state index in [9.17, 15) is 0 Å². The number of rotatable bonds is 1. The fraction of sp³-hybridized carbons (Fsp3) is 1.00. The second-order valence-corrected chi connectivity index (χ2v) is 3.20. The molecular formula is C7H17N3. The standard InChI is InChI=1S/C7H17N3/c1-9-7-3-6(8)4-10(2)5-7/h6-7,9H,3-5,8H2,1-2H3. The van der Waals surface area contributed by atoms with E-state index in [2.05, 4.69) is 17.3 Å². The molecule has 3 N–H and O–H groups in total. The molecule has 0 aromatic carbocycles. The van der Waals surface area contributed by atoms with E-state index in [-0.39, 0.29) is 0 Å². The summed E-state index contributed by atoms with van der Waals surface area (Å²) in [7, 11) is 4.11. The number of nitrogens with two attached hydrogens (primary N) is 1. The highest BCUT2D eigenvalue weighted by Gasteiger charge is 2.20. The summed E-state index contributed by atoms with van der Waals surface area (Å²) in [6, 6.07) is 0.949. The summed E-state index contributed by atoms with van der Waals surface area (Å²) in [6.45, 7) is 2.17. The van der Waals surface area contributed by atoms with Gasteiger partial charge >= 0.3 is 0 Å². The summed E-state index contributed by atoms with van der Waals surface area (Å²) < 4.78 is 0. The maximum absolute atomic E-state index is 5.81. The number of nitrogens with one attached hydrogen (secondary N) is 1. The molecule has 1 fully saturated rings. The predicted octanol–water partition coefficient (Wildman–Crippen LogP) is -0.763. The van der Waals surface area contributed by atoms with Gasteiger partial charge in [0.2, 0.25) is 0 Å². The molecule has 3 heteroatoms. The van der Waals surface area contributed by atoms with Crippen LogP contribution in [0.5, 0.6) is 0 Å². The van der Waals surface area contributed by atoms with Crippen molar-refractivity contribution in [2.75, 3.05) is 27.2 Å². The molecule has 0 saturated carbocycles. The van der Waals surface area contributed by atoms with Gasteiger partial charge in [0.1, 0.15) is 0 Å². The number of hydrogen-bond donors (Lipinski definition) is 2. The van der Waals surface area contributed by atoms with Crippen LogP contribution in [0.25, 0.3) is 0 Å². The third-order valence-electron chi connectivity index (χ3n) is 2.07. The van der Waals surface area contributed by atoms with E-state index in [4.69, 9.17) is 5.73 Å². The molecule has 0 spiro atoms. The van der Waals surface area contributed by atoms with Gasteiger partial charge in [-0.2, -0.15) is 0 Å². The molecule has 3 nitrogen and oxygen atoms in total. The Hall–Kier alpha value is -0.120. The molecule has 1 aliphatic rings. The molecule has 0 aliphatic carbocycles. The molecule has 1 saturated heterocycles. The maximum atomic E-state index is 5.81. The number of hydrogen-bond acceptors (Lipinski definition) is 3. The maximum Gasteiger partial charge on any atom is 0.0207 e. The fourth-order valence-electron chi connectivity index (χ4n) is 1.57. The Kier molecular flexibility index (Phi) is 2.65. The van der Waals surface area contributed by atoms with E-state index < -0.39 is 0 Å². The molecule has 2 unspecified atom stereocenters. The molecule has 10 heavy (non-hydrogen) atoms. The first-order valence-electron chi connectivity index (χ1n) is 3.83. The van der Waals surface area contributed by atoms with Crippen LogP contribution in [0, 0.1) is 0 Å². The van der Waals surface area contributed by atoms with E-state index in [1.54, 1.807) is 0 Å². The molecule has 1 heterocycles. The van der Waals surface area contributed by atoms with Crippen molar-refractivity contribution in [1.29, 1.82) is 0 Å². The van der Waals surface area contributed by atoms with Crippen molar-refractivity contribution in [3.05, 3.63) is 0 Å². The van der Waals surface area contributed by atoms with Gasteiger partial charge in [-0.3, -0.25) is 0 Å².